The first kappa shape index (κ1) is 19.4. The van der Waals surface area contributed by atoms with Crippen LogP contribution in [0.15, 0.2) is 42.7 Å². The van der Waals surface area contributed by atoms with Crippen LogP contribution >= 0.6 is 0 Å². The summed E-state index contributed by atoms with van der Waals surface area (Å²) in [4.78, 5) is 14.0. The number of aromatic nitrogens is 2. The third-order valence-electron chi connectivity index (χ3n) is 5.14. The lowest BCUT2D eigenvalue weighted by Gasteiger charge is -2.36. The second-order valence-corrected chi connectivity index (χ2v) is 7.51. The van der Waals surface area contributed by atoms with Crippen molar-refractivity contribution in [2.75, 3.05) is 13.1 Å². The highest BCUT2D eigenvalue weighted by atomic mass is 16.5. The topological polar surface area (TPSA) is 67.6 Å². The highest BCUT2D eigenvalue weighted by Gasteiger charge is 2.30. The number of aliphatic carboxylic acids is 1. The van der Waals surface area contributed by atoms with Gasteiger partial charge in [-0.1, -0.05) is 12.1 Å². The van der Waals surface area contributed by atoms with Crippen molar-refractivity contribution in [3.63, 3.8) is 0 Å². The molecule has 1 aromatic heterocycles. The molecule has 1 aliphatic rings. The molecule has 0 saturated carbocycles. The van der Waals surface area contributed by atoms with Crippen LogP contribution in [-0.2, 0) is 11.3 Å². The van der Waals surface area contributed by atoms with Gasteiger partial charge < -0.3 is 9.84 Å². The number of aryl methyl sites for hydroxylation is 1. The molecule has 1 atom stereocenters. The summed E-state index contributed by atoms with van der Waals surface area (Å²) in [6.07, 6.45) is 7.04. The highest BCUT2D eigenvalue weighted by molar-refractivity contribution is 5.75. The molecule has 0 aliphatic carbocycles. The van der Waals surface area contributed by atoms with Gasteiger partial charge in [0, 0.05) is 18.9 Å². The number of nitrogens with zero attached hydrogens (tertiary/aromatic N) is 3. The van der Waals surface area contributed by atoms with Crippen LogP contribution < -0.4 is 4.74 Å². The van der Waals surface area contributed by atoms with Gasteiger partial charge in [-0.05, 0) is 75.9 Å². The maximum Gasteiger partial charge on any atom is 0.325 e. The molecular weight excluding hydrogens is 342 g/mol. The normalized spacial score (nSPS) is 17.1. The fourth-order valence-corrected chi connectivity index (χ4v) is 3.76. The van der Waals surface area contributed by atoms with Crippen LogP contribution in [0.1, 0.15) is 44.7 Å². The van der Waals surface area contributed by atoms with Crippen molar-refractivity contribution < 1.29 is 14.6 Å². The van der Waals surface area contributed by atoms with E-state index >= 15 is 0 Å². The molecular formula is C21H29N3O3. The van der Waals surface area contributed by atoms with Crippen molar-refractivity contribution in [1.82, 2.24) is 14.7 Å². The summed E-state index contributed by atoms with van der Waals surface area (Å²) < 4.78 is 7.62. The molecule has 3 rings (SSSR count). The quantitative estimate of drug-likeness (QED) is 0.768. The molecule has 2 heterocycles. The molecule has 0 unspecified atom stereocenters. The van der Waals surface area contributed by atoms with Crippen LogP contribution in [0, 0.1) is 5.92 Å². The first-order chi connectivity index (χ1) is 13.0. The van der Waals surface area contributed by atoms with Gasteiger partial charge in [0.15, 0.2) is 0 Å². The minimum absolute atomic E-state index is 0.104. The summed E-state index contributed by atoms with van der Waals surface area (Å²) in [5.41, 5.74) is 0.814. The second kappa shape index (κ2) is 9.04. The Morgan fingerprint density at radius 1 is 1.26 bits per heavy atom. The number of benzene rings is 1. The molecule has 27 heavy (non-hydrogen) atoms. The molecule has 1 N–H and O–H groups in total. The lowest BCUT2D eigenvalue weighted by Crippen LogP contribution is -2.40. The number of hydrogen-bond donors (Lipinski definition) is 1. The predicted octanol–water partition coefficient (Wildman–Crippen LogP) is 3.60. The highest BCUT2D eigenvalue weighted by Crippen LogP contribution is 2.30. The second-order valence-electron chi connectivity index (χ2n) is 7.51. The molecule has 6 heteroatoms. The Labute approximate surface area is 160 Å². The van der Waals surface area contributed by atoms with Crippen molar-refractivity contribution in [2.24, 2.45) is 5.92 Å². The Morgan fingerprint density at radius 2 is 1.96 bits per heavy atom. The van der Waals surface area contributed by atoms with Gasteiger partial charge in [0.25, 0.3) is 0 Å². The number of carbonyl (C=O) groups is 1. The molecule has 1 aliphatic heterocycles. The number of rotatable bonds is 8. The molecule has 0 spiro atoms. The van der Waals surface area contributed by atoms with Crippen LogP contribution in [-0.4, -0.2) is 44.9 Å². The fourth-order valence-electron chi connectivity index (χ4n) is 3.76. The Morgan fingerprint density at radius 3 is 2.52 bits per heavy atom. The van der Waals surface area contributed by atoms with Gasteiger partial charge in [0.1, 0.15) is 11.8 Å². The van der Waals surface area contributed by atoms with Gasteiger partial charge in [-0.15, -0.1) is 0 Å². The Kier molecular flexibility index (Phi) is 6.50. The van der Waals surface area contributed by atoms with Gasteiger partial charge in [-0.3, -0.25) is 14.4 Å². The largest absolute Gasteiger partial charge is 0.491 e. The third-order valence-corrected chi connectivity index (χ3v) is 5.14. The van der Waals surface area contributed by atoms with Crippen molar-refractivity contribution in [3.05, 3.63) is 48.3 Å². The zero-order chi connectivity index (χ0) is 19.2. The van der Waals surface area contributed by atoms with E-state index in [1.165, 1.54) is 0 Å². The summed E-state index contributed by atoms with van der Waals surface area (Å²) in [5, 5.41) is 14.1. The molecule has 0 radical (unpaired) electrons. The van der Waals surface area contributed by atoms with Crippen LogP contribution in [0.5, 0.6) is 5.75 Å². The van der Waals surface area contributed by atoms with E-state index in [9.17, 15) is 9.90 Å². The average Bonchev–Trinajstić information content (AvgIpc) is 3.15. The van der Waals surface area contributed by atoms with Crippen molar-refractivity contribution >= 4 is 5.97 Å². The molecule has 2 aromatic rings. The molecule has 1 fully saturated rings. The van der Waals surface area contributed by atoms with E-state index in [0.29, 0.717) is 5.92 Å². The third kappa shape index (κ3) is 5.32. The minimum Gasteiger partial charge on any atom is -0.491 e. The van der Waals surface area contributed by atoms with Crippen LogP contribution in [0.3, 0.4) is 0 Å². The number of likely N-dealkylation sites (tertiary alicyclic amines) is 1. The van der Waals surface area contributed by atoms with E-state index in [1.807, 2.05) is 55.1 Å². The number of ether oxygens (including phenoxy) is 1. The van der Waals surface area contributed by atoms with Crippen LogP contribution in [0.2, 0.25) is 0 Å². The summed E-state index contributed by atoms with van der Waals surface area (Å²) in [5.74, 6) is 0.611. The molecule has 6 nitrogen and oxygen atoms in total. The van der Waals surface area contributed by atoms with E-state index in [-0.39, 0.29) is 6.10 Å². The smallest absolute Gasteiger partial charge is 0.325 e. The molecule has 1 saturated heterocycles. The maximum atomic E-state index is 11.9. The molecule has 146 valence electrons. The first-order valence-corrected chi connectivity index (χ1v) is 9.74. The number of hydrogen-bond acceptors (Lipinski definition) is 4. The summed E-state index contributed by atoms with van der Waals surface area (Å²) in [6, 6.07) is 8.83. The van der Waals surface area contributed by atoms with Crippen LogP contribution in [0.25, 0.3) is 0 Å². The monoisotopic (exact) mass is 371 g/mol. The van der Waals surface area contributed by atoms with Crippen molar-refractivity contribution in [1.29, 1.82) is 0 Å². The van der Waals surface area contributed by atoms with Crippen molar-refractivity contribution in [3.8, 4) is 5.75 Å². The van der Waals surface area contributed by atoms with E-state index in [2.05, 4.69) is 10.00 Å². The molecule has 0 amide bonds. The lowest BCUT2D eigenvalue weighted by atomic mass is 9.91. The number of carboxylic acid groups (broad SMARTS) is 1. The summed E-state index contributed by atoms with van der Waals surface area (Å²) >= 11 is 0. The van der Waals surface area contributed by atoms with Gasteiger partial charge in [-0.25, -0.2) is 0 Å². The zero-order valence-corrected chi connectivity index (χ0v) is 16.1. The average molecular weight is 371 g/mol. The predicted molar refractivity (Wildman–Crippen MR) is 104 cm³/mol. The summed E-state index contributed by atoms with van der Waals surface area (Å²) in [7, 11) is 0. The number of carboxylic acids is 1. The van der Waals surface area contributed by atoms with Gasteiger partial charge in [0.05, 0.1) is 6.10 Å². The maximum absolute atomic E-state index is 11.9. The van der Waals surface area contributed by atoms with Gasteiger partial charge >= 0.3 is 5.97 Å². The first-order valence-electron chi connectivity index (χ1n) is 9.74. The standard InChI is InChI=1S/C21H29N3O3/c1-16(2)27-19-6-4-18(5-7-19)20(21(25)26)23-13-8-17(9-14-23)10-15-24-12-3-11-22-24/h3-7,11-12,16-17,20H,8-10,13-15H2,1-2H3,(H,25,26)/t20-/m1/s1. The summed E-state index contributed by atoms with van der Waals surface area (Å²) in [6.45, 7) is 6.50. The lowest BCUT2D eigenvalue weighted by molar-refractivity contribution is -0.144. The SMILES string of the molecule is CC(C)Oc1ccc([C@H](C(=O)O)N2CCC(CCn3cccn3)CC2)cc1. The van der Waals surface area contributed by atoms with E-state index < -0.39 is 12.0 Å². The molecule has 1 aromatic carbocycles. The van der Waals surface area contributed by atoms with Gasteiger partial charge in [-0.2, -0.15) is 5.10 Å². The van der Waals surface area contributed by atoms with E-state index in [4.69, 9.17) is 4.74 Å². The zero-order valence-electron chi connectivity index (χ0n) is 16.1. The Hall–Kier alpha value is -2.34. The van der Waals surface area contributed by atoms with Crippen molar-refractivity contribution in [2.45, 2.75) is 51.8 Å². The van der Waals surface area contributed by atoms with E-state index in [0.717, 1.165) is 50.2 Å². The van der Waals surface area contributed by atoms with E-state index in [1.54, 1.807) is 6.20 Å². The minimum atomic E-state index is -0.789. The molecule has 0 bridgehead atoms. The fraction of sp³-hybridized carbons (Fsp3) is 0.524. The number of piperidine rings is 1. The van der Waals surface area contributed by atoms with Gasteiger partial charge in [0.2, 0.25) is 0 Å². The Balaban J connectivity index is 1.57. The van der Waals surface area contributed by atoms with Crippen LogP contribution in [0.4, 0.5) is 0 Å². The Bertz CT molecular complexity index is 705.